The topological polar surface area (TPSA) is 56.5 Å². The number of pyridine rings is 1. The number of nitrogens with zero attached hydrogens (tertiary/aromatic N) is 5. The molecule has 27 heavy (non-hydrogen) atoms. The van der Waals surface area contributed by atoms with Crippen LogP contribution in [0.25, 0.3) is 17.1 Å². The zero-order chi connectivity index (χ0) is 18.8. The third-order valence-electron chi connectivity index (χ3n) is 4.34. The summed E-state index contributed by atoms with van der Waals surface area (Å²) in [6, 6.07) is 10.4. The Bertz CT molecular complexity index is 1070. The van der Waals surface area contributed by atoms with Crippen LogP contribution in [-0.2, 0) is 5.75 Å². The van der Waals surface area contributed by atoms with E-state index in [0.29, 0.717) is 0 Å². The van der Waals surface area contributed by atoms with E-state index < -0.39 is 0 Å². The molecule has 136 valence electrons. The van der Waals surface area contributed by atoms with Crippen molar-refractivity contribution in [2.45, 2.75) is 31.7 Å². The molecule has 7 heteroatoms. The van der Waals surface area contributed by atoms with Gasteiger partial charge in [0.25, 0.3) is 0 Å². The predicted molar refractivity (Wildman–Crippen MR) is 110 cm³/mol. The van der Waals surface area contributed by atoms with E-state index in [1.165, 1.54) is 11.1 Å². The molecular formula is C20H19N5S2. The highest BCUT2D eigenvalue weighted by Gasteiger charge is 2.17. The average molecular weight is 394 g/mol. The first-order valence-electron chi connectivity index (χ1n) is 8.59. The fraction of sp³-hybridized carbons (Fsp3) is 0.200. The summed E-state index contributed by atoms with van der Waals surface area (Å²) in [6.45, 7) is 6.27. The van der Waals surface area contributed by atoms with Gasteiger partial charge in [0.05, 0.1) is 16.4 Å². The van der Waals surface area contributed by atoms with Crippen molar-refractivity contribution in [3.63, 3.8) is 0 Å². The number of benzene rings is 1. The summed E-state index contributed by atoms with van der Waals surface area (Å²) in [4.78, 5) is 8.67. The third kappa shape index (κ3) is 3.79. The number of thiazole rings is 1. The van der Waals surface area contributed by atoms with E-state index in [1.807, 2.05) is 19.1 Å². The van der Waals surface area contributed by atoms with Gasteiger partial charge in [-0.2, -0.15) is 0 Å². The van der Waals surface area contributed by atoms with Crippen LogP contribution in [0.3, 0.4) is 0 Å². The first-order valence-corrected chi connectivity index (χ1v) is 10.5. The molecule has 0 N–H and O–H groups in total. The van der Waals surface area contributed by atoms with Gasteiger partial charge in [0.15, 0.2) is 11.0 Å². The predicted octanol–water partition coefficient (Wildman–Crippen LogP) is 5.00. The van der Waals surface area contributed by atoms with Crippen molar-refractivity contribution in [3.05, 3.63) is 69.9 Å². The molecule has 0 amide bonds. The molecule has 0 saturated carbocycles. The quantitative estimate of drug-likeness (QED) is 0.446. The van der Waals surface area contributed by atoms with E-state index in [0.717, 1.165) is 38.7 Å². The summed E-state index contributed by atoms with van der Waals surface area (Å²) < 4.78 is 2.12. The molecule has 0 aliphatic heterocycles. The minimum Gasteiger partial charge on any atom is -0.270 e. The monoisotopic (exact) mass is 393 g/mol. The lowest BCUT2D eigenvalue weighted by Crippen LogP contribution is -2.01. The van der Waals surface area contributed by atoms with E-state index in [2.05, 4.69) is 62.2 Å². The van der Waals surface area contributed by atoms with Gasteiger partial charge in [-0.3, -0.25) is 9.55 Å². The Labute approximate surface area is 166 Å². The number of rotatable bonds is 5. The summed E-state index contributed by atoms with van der Waals surface area (Å²) in [5.74, 6) is 1.58. The molecule has 0 saturated heterocycles. The highest BCUT2D eigenvalue weighted by Crippen LogP contribution is 2.30. The lowest BCUT2D eigenvalue weighted by molar-refractivity contribution is 0.883. The van der Waals surface area contributed by atoms with Gasteiger partial charge >= 0.3 is 0 Å². The second kappa shape index (κ2) is 7.62. The summed E-state index contributed by atoms with van der Waals surface area (Å²) in [5.41, 5.74) is 5.64. The SMILES string of the molecule is Cc1nc(CSc2nnc(-c3ccncc3)n2-c2ccc(C)c(C)c2)cs1. The number of thioether (sulfide) groups is 1. The molecule has 0 aliphatic carbocycles. The van der Waals surface area contributed by atoms with E-state index in [4.69, 9.17) is 0 Å². The van der Waals surface area contributed by atoms with E-state index in [9.17, 15) is 0 Å². The van der Waals surface area contributed by atoms with Crippen LogP contribution in [0.15, 0.2) is 53.3 Å². The normalized spacial score (nSPS) is 11.1. The zero-order valence-electron chi connectivity index (χ0n) is 15.4. The maximum absolute atomic E-state index is 4.55. The van der Waals surface area contributed by atoms with Crippen molar-refractivity contribution >= 4 is 23.1 Å². The van der Waals surface area contributed by atoms with E-state index >= 15 is 0 Å². The lowest BCUT2D eigenvalue weighted by atomic mass is 10.1. The van der Waals surface area contributed by atoms with Crippen molar-refractivity contribution < 1.29 is 0 Å². The van der Waals surface area contributed by atoms with Gasteiger partial charge in [-0.15, -0.1) is 21.5 Å². The summed E-state index contributed by atoms with van der Waals surface area (Å²) >= 11 is 3.32. The van der Waals surface area contributed by atoms with Crippen LogP contribution in [0.2, 0.25) is 0 Å². The van der Waals surface area contributed by atoms with Crippen LogP contribution in [0.5, 0.6) is 0 Å². The van der Waals surface area contributed by atoms with Gasteiger partial charge in [0, 0.05) is 29.1 Å². The van der Waals surface area contributed by atoms with Crippen LogP contribution in [0, 0.1) is 20.8 Å². The molecular weight excluding hydrogens is 374 g/mol. The maximum atomic E-state index is 4.55. The fourth-order valence-corrected chi connectivity index (χ4v) is 4.32. The van der Waals surface area contributed by atoms with Gasteiger partial charge in [-0.1, -0.05) is 17.8 Å². The molecule has 1 aromatic carbocycles. The van der Waals surface area contributed by atoms with Crippen LogP contribution in [0.1, 0.15) is 21.8 Å². The Hall–Kier alpha value is -2.51. The number of hydrogen-bond acceptors (Lipinski definition) is 6. The standard InChI is InChI=1S/C20H19N5S2/c1-13-4-5-18(10-14(13)2)25-19(16-6-8-21-9-7-16)23-24-20(25)27-12-17-11-26-15(3)22-17/h4-11H,12H2,1-3H3. The molecule has 4 aromatic rings. The van der Waals surface area contributed by atoms with Crippen molar-refractivity contribution in [2.24, 2.45) is 0 Å². The number of hydrogen-bond donors (Lipinski definition) is 0. The Morgan fingerprint density at radius 2 is 1.81 bits per heavy atom. The first-order chi connectivity index (χ1) is 13.1. The lowest BCUT2D eigenvalue weighted by Gasteiger charge is -2.12. The highest BCUT2D eigenvalue weighted by molar-refractivity contribution is 7.98. The molecule has 3 aromatic heterocycles. The largest absolute Gasteiger partial charge is 0.270 e. The fourth-order valence-electron chi connectivity index (χ4n) is 2.76. The third-order valence-corrected chi connectivity index (χ3v) is 6.12. The van der Waals surface area contributed by atoms with Crippen molar-refractivity contribution in [2.75, 3.05) is 0 Å². The van der Waals surface area contributed by atoms with Gasteiger partial charge in [-0.05, 0) is 56.2 Å². The van der Waals surface area contributed by atoms with Gasteiger partial charge in [0.2, 0.25) is 0 Å². The van der Waals surface area contributed by atoms with Gasteiger partial charge < -0.3 is 0 Å². The Balaban J connectivity index is 1.76. The van der Waals surface area contributed by atoms with Gasteiger partial charge in [-0.25, -0.2) is 4.98 Å². The van der Waals surface area contributed by atoms with Crippen LogP contribution in [0.4, 0.5) is 0 Å². The molecule has 0 spiro atoms. The highest BCUT2D eigenvalue weighted by atomic mass is 32.2. The summed E-state index contributed by atoms with van der Waals surface area (Å²) in [5, 5.41) is 13.0. The molecule has 0 unspecified atom stereocenters. The second-order valence-corrected chi connectivity index (χ2v) is 8.30. The van der Waals surface area contributed by atoms with Gasteiger partial charge in [0.1, 0.15) is 0 Å². The first kappa shape index (κ1) is 17.9. The van der Waals surface area contributed by atoms with Crippen LogP contribution >= 0.6 is 23.1 Å². The minimum atomic E-state index is 0.768. The molecule has 0 fully saturated rings. The van der Waals surface area contributed by atoms with Crippen LogP contribution < -0.4 is 0 Å². The summed E-state index contributed by atoms with van der Waals surface area (Å²) in [6.07, 6.45) is 3.55. The van der Waals surface area contributed by atoms with Crippen molar-refractivity contribution in [3.8, 4) is 17.1 Å². The molecule has 5 nitrogen and oxygen atoms in total. The molecule has 0 atom stereocenters. The molecule has 4 rings (SSSR count). The molecule has 0 aliphatic rings. The molecule has 3 heterocycles. The molecule has 0 bridgehead atoms. The second-order valence-electron chi connectivity index (χ2n) is 6.29. The maximum Gasteiger partial charge on any atom is 0.196 e. The Kier molecular flexibility index (Phi) is 5.05. The zero-order valence-corrected chi connectivity index (χ0v) is 17.0. The van der Waals surface area contributed by atoms with Crippen molar-refractivity contribution in [1.82, 2.24) is 24.7 Å². The van der Waals surface area contributed by atoms with Crippen molar-refractivity contribution in [1.29, 1.82) is 0 Å². The molecule has 0 radical (unpaired) electrons. The summed E-state index contributed by atoms with van der Waals surface area (Å²) in [7, 11) is 0. The Morgan fingerprint density at radius 3 is 2.52 bits per heavy atom. The van der Waals surface area contributed by atoms with E-state index in [-0.39, 0.29) is 0 Å². The minimum absolute atomic E-state index is 0.768. The van der Waals surface area contributed by atoms with E-state index in [1.54, 1.807) is 35.5 Å². The number of aryl methyl sites for hydroxylation is 3. The average Bonchev–Trinajstić information content (AvgIpc) is 3.29. The number of aromatic nitrogens is 5. The smallest absolute Gasteiger partial charge is 0.196 e. The van der Waals surface area contributed by atoms with Crippen LogP contribution in [-0.4, -0.2) is 24.7 Å². The Morgan fingerprint density at radius 1 is 1.00 bits per heavy atom.